The third-order valence-corrected chi connectivity index (χ3v) is 8.91. The van der Waals surface area contributed by atoms with Gasteiger partial charge in [-0.2, -0.15) is 15.2 Å². The molecule has 220 valence electrons. The van der Waals surface area contributed by atoms with Gasteiger partial charge < -0.3 is 24.5 Å². The lowest BCUT2D eigenvalue weighted by atomic mass is 10.0. The molecule has 0 radical (unpaired) electrons. The van der Waals surface area contributed by atoms with Gasteiger partial charge in [-0.25, -0.2) is 9.18 Å². The summed E-state index contributed by atoms with van der Waals surface area (Å²) >= 11 is 6.65. The van der Waals surface area contributed by atoms with Crippen molar-refractivity contribution in [1.82, 2.24) is 19.8 Å². The summed E-state index contributed by atoms with van der Waals surface area (Å²) < 4.78 is 20.1. The van der Waals surface area contributed by atoms with Crippen LogP contribution >= 0.6 is 11.6 Å². The van der Waals surface area contributed by atoms with Gasteiger partial charge in [0.05, 0.1) is 35.8 Å². The molecule has 0 aliphatic carbocycles. The third-order valence-electron chi connectivity index (χ3n) is 8.59. The second-order valence-electron chi connectivity index (χ2n) is 11.2. The number of carbonyl (C=O) groups is 1. The highest BCUT2D eigenvalue weighted by Crippen LogP contribution is 2.37. The summed E-state index contributed by atoms with van der Waals surface area (Å²) in [5.41, 5.74) is 2.84. The zero-order chi connectivity index (χ0) is 29.4. The maximum Gasteiger partial charge on any atom is 0.407 e. The fourth-order valence-corrected chi connectivity index (χ4v) is 6.70. The number of nitriles is 1. The van der Waals surface area contributed by atoms with E-state index >= 15 is 0 Å². The molecule has 4 heterocycles. The zero-order valence-electron chi connectivity index (χ0n) is 23.4. The topological polar surface area (TPSA) is 109 Å². The molecule has 0 unspecified atom stereocenters. The summed E-state index contributed by atoms with van der Waals surface area (Å²) in [6, 6.07) is 13.8. The SMILES string of the molecule is CN1C[C@H](F)C[C@@H]1COc1nc2c(c(N3CCN(C(=O)O)[C@@H](CC#N)C3)n1)CCN(c1cccc3cccc(Cl)c13)C2. The van der Waals surface area contributed by atoms with E-state index in [1.165, 1.54) is 4.90 Å². The Morgan fingerprint density at radius 3 is 2.69 bits per heavy atom. The normalized spacial score (nSPS) is 22.7. The minimum atomic E-state index is -1.03. The number of halogens is 2. The van der Waals surface area contributed by atoms with E-state index < -0.39 is 18.3 Å². The summed E-state index contributed by atoms with van der Waals surface area (Å²) in [4.78, 5) is 29.1. The van der Waals surface area contributed by atoms with E-state index in [-0.39, 0.29) is 31.6 Å². The number of rotatable bonds is 6. The lowest BCUT2D eigenvalue weighted by Crippen LogP contribution is -2.55. The van der Waals surface area contributed by atoms with Crippen molar-refractivity contribution < 1.29 is 19.0 Å². The van der Waals surface area contributed by atoms with Gasteiger partial charge in [-0.1, -0.05) is 35.9 Å². The quantitative estimate of drug-likeness (QED) is 0.446. The van der Waals surface area contributed by atoms with Crippen LogP contribution in [-0.2, 0) is 13.0 Å². The van der Waals surface area contributed by atoms with E-state index in [0.717, 1.165) is 34.3 Å². The smallest absolute Gasteiger partial charge is 0.407 e. The minimum absolute atomic E-state index is 0.0727. The molecule has 3 aromatic rings. The number of amides is 1. The minimum Gasteiger partial charge on any atom is -0.465 e. The first kappa shape index (κ1) is 28.2. The number of ether oxygens (including phenoxy) is 1. The number of fused-ring (bicyclic) bond motifs is 2. The molecule has 1 aromatic heterocycles. The van der Waals surface area contributed by atoms with E-state index in [2.05, 4.69) is 21.9 Å². The number of likely N-dealkylation sites (N-methyl/N-ethyl adjacent to an activating group) is 1. The lowest BCUT2D eigenvalue weighted by molar-refractivity contribution is 0.119. The van der Waals surface area contributed by atoms with Crippen molar-refractivity contribution in [1.29, 1.82) is 5.26 Å². The number of likely N-dealkylation sites (tertiary alicyclic amines) is 1. The summed E-state index contributed by atoms with van der Waals surface area (Å²) in [6.45, 7) is 2.92. The zero-order valence-corrected chi connectivity index (χ0v) is 24.2. The molecule has 42 heavy (non-hydrogen) atoms. The van der Waals surface area contributed by atoms with Crippen LogP contribution in [0.3, 0.4) is 0 Å². The van der Waals surface area contributed by atoms with E-state index in [1.807, 2.05) is 42.3 Å². The monoisotopic (exact) mass is 593 g/mol. The Morgan fingerprint density at radius 2 is 1.95 bits per heavy atom. The summed E-state index contributed by atoms with van der Waals surface area (Å²) in [7, 11) is 1.89. The molecule has 0 saturated carbocycles. The van der Waals surface area contributed by atoms with Gasteiger partial charge >= 0.3 is 12.1 Å². The molecule has 6 rings (SSSR count). The Labute approximate surface area is 248 Å². The van der Waals surface area contributed by atoms with Crippen LogP contribution in [0.4, 0.5) is 20.7 Å². The lowest BCUT2D eigenvalue weighted by Gasteiger charge is -2.41. The summed E-state index contributed by atoms with van der Waals surface area (Å²) in [5.74, 6) is 0.710. The highest BCUT2D eigenvalue weighted by atomic mass is 35.5. The molecular formula is C30H33ClFN7O3. The fraction of sp³-hybridized carbons (Fsp3) is 0.467. The van der Waals surface area contributed by atoms with Crippen LogP contribution in [0.5, 0.6) is 6.01 Å². The highest BCUT2D eigenvalue weighted by Gasteiger charge is 2.35. The number of benzene rings is 2. The predicted octanol–water partition coefficient (Wildman–Crippen LogP) is 4.35. The molecule has 1 N–H and O–H groups in total. The van der Waals surface area contributed by atoms with Gasteiger partial charge in [0.15, 0.2) is 0 Å². The average Bonchev–Trinajstić information content (AvgIpc) is 3.31. The van der Waals surface area contributed by atoms with Crippen LogP contribution in [0.15, 0.2) is 36.4 Å². The molecule has 2 saturated heterocycles. The van der Waals surface area contributed by atoms with Gasteiger partial charge in [-0.15, -0.1) is 0 Å². The van der Waals surface area contributed by atoms with Crippen molar-refractivity contribution in [3.63, 3.8) is 0 Å². The van der Waals surface area contributed by atoms with Crippen molar-refractivity contribution in [2.24, 2.45) is 0 Å². The first-order valence-corrected chi connectivity index (χ1v) is 14.6. The van der Waals surface area contributed by atoms with Gasteiger partial charge in [-0.05, 0) is 37.4 Å². The van der Waals surface area contributed by atoms with Crippen LogP contribution in [-0.4, -0.2) is 95.6 Å². The van der Waals surface area contributed by atoms with E-state index in [9.17, 15) is 19.6 Å². The number of hydrogen-bond acceptors (Lipinski definition) is 8. The van der Waals surface area contributed by atoms with Gasteiger partial charge in [0.25, 0.3) is 0 Å². The van der Waals surface area contributed by atoms with Crippen LogP contribution in [0, 0.1) is 11.3 Å². The van der Waals surface area contributed by atoms with Gasteiger partial charge in [0.1, 0.15) is 18.6 Å². The molecule has 1 amide bonds. The third kappa shape index (κ3) is 5.49. The average molecular weight is 594 g/mol. The van der Waals surface area contributed by atoms with Crippen LogP contribution < -0.4 is 14.5 Å². The van der Waals surface area contributed by atoms with Crippen molar-refractivity contribution in [3.05, 3.63) is 52.7 Å². The number of nitrogens with zero attached hydrogens (tertiary/aromatic N) is 7. The molecule has 0 spiro atoms. The molecule has 12 heteroatoms. The molecule has 10 nitrogen and oxygen atoms in total. The number of anilines is 2. The van der Waals surface area contributed by atoms with Crippen LogP contribution in [0.25, 0.3) is 10.8 Å². The molecule has 2 fully saturated rings. The predicted molar refractivity (Wildman–Crippen MR) is 158 cm³/mol. The van der Waals surface area contributed by atoms with Crippen molar-refractivity contribution in [2.45, 2.75) is 44.1 Å². The maximum atomic E-state index is 14.0. The van der Waals surface area contributed by atoms with E-state index in [0.29, 0.717) is 49.9 Å². The van der Waals surface area contributed by atoms with Gasteiger partial charge in [0, 0.05) is 55.4 Å². The van der Waals surface area contributed by atoms with Gasteiger partial charge in [0.2, 0.25) is 0 Å². The highest BCUT2D eigenvalue weighted by molar-refractivity contribution is 6.36. The fourth-order valence-electron chi connectivity index (χ4n) is 6.42. The molecule has 2 aromatic carbocycles. The summed E-state index contributed by atoms with van der Waals surface area (Å²) in [5, 5.41) is 21.8. The Balaban J connectivity index is 1.34. The van der Waals surface area contributed by atoms with Crippen LogP contribution in [0.1, 0.15) is 24.1 Å². The number of alkyl halides is 1. The first-order chi connectivity index (χ1) is 20.3. The van der Waals surface area contributed by atoms with Crippen LogP contribution in [0.2, 0.25) is 5.02 Å². The largest absolute Gasteiger partial charge is 0.465 e. The van der Waals surface area contributed by atoms with Crippen molar-refractivity contribution in [2.75, 3.05) is 56.2 Å². The number of carboxylic acid groups (broad SMARTS) is 1. The first-order valence-electron chi connectivity index (χ1n) is 14.2. The number of hydrogen-bond donors (Lipinski definition) is 1. The Hall–Kier alpha value is -3.88. The second kappa shape index (κ2) is 11.8. The molecule has 3 atom stereocenters. The van der Waals surface area contributed by atoms with Crippen molar-refractivity contribution >= 4 is 40.0 Å². The molecule has 3 aliphatic heterocycles. The standard InChI is InChI=1S/C30H33ClFN7O3/c1-36-15-20(32)14-22(36)18-42-29-34-25-17-37(26-7-3-5-19-4-2-6-24(31)27(19)26)11-9-23(25)28(35-29)38-12-13-39(30(40)41)21(16-38)8-10-33/h2-7,20-22H,8-9,11-18H2,1H3,(H,40,41)/t20-,21+,22-/m1/s1. The molecule has 3 aliphatic rings. The Morgan fingerprint density at radius 1 is 1.14 bits per heavy atom. The molecular weight excluding hydrogens is 561 g/mol. The Bertz CT molecular complexity index is 1530. The van der Waals surface area contributed by atoms with E-state index in [1.54, 1.807) is 0 Å². The number of piperazine rings is 1. The second-order valence-corrected chi connectivity index (χ2v) is 11.6. The van der Waals surface area contributed by atoms with Gasteiger partial charge in [-0.3, -0.25) is 4.90 Å². The Kier molecular flexibility index (Phi) is 7.92. The molecule has 0 bridgehead atoms. The number of aromatic nitrogens is 2. The van der Waals surface area contributed by atoms with Crippen molar-refractivity contribution in [3.8, 4) is 12.1 Å². The summed E-state index contributed by atoms with van der Waals surface area (Å²) in [6.07, 6.45) is -0.750. The van der Waals surface area contributed by atoms with E-state index in [4.69, 9.17) is 26.3 Å². The maximum absolute atomic E-state index is 14.0.